The van der Waals surface area contributed by atoms with E-state index in [1.54, 1.807) is 6.33 Å². The molecule has 3 aliphatic heterocycles. The summed E-state index contributed by atoms with van der Waals surface area (Å²) in [6, 6.07) is 17.6. The maximum absolute atomic E-state index is 13.4. The van der Waals surface area contributed by atoms with Crippen molar-refractivity contribution in [1.82, 2.24) is 19.8 Å². The van der Waals surface area contributed by atoms with Crippen molar-refractivity contribution in [1.29, 1.82) is 0 Å². The molecule has 0 unspecified atom stereocenters. The lowest BCUT2D eigenvalue weighted by atomic mass is 9.71. The highest BCUT2D eigenvalue weighted by molar-refractivity contribution is 5.76. The number of hydrogen-bond donors (Lipinski definition) is 0. The van der Waals surface area contributed by atoms with Gasteiger partial charge in [-0.05, 0) is 101 Å². The maximum Gasteiger partial charge on any atom is 0.410 e. The molecule has 2 fully saturated rings. The predicted molar refractivity (Wildman–Crippen MR) is 170 cm³/mol. The van der Waals surface area contributed by atoms with Gasteiger partial charge < -0.3 is 14.5 Å². The topological polar surface area (TPSA) is 61.8 Å². The Morgan fingerprint density at radius 3 is 2.56 bits per heavy atom. The Labute approximate surface area is 256 Å². The molecule has 0 bridgehead atoms. The number of likely N-dealkylation sites (tertiary alicyclic amines) is 2. The first-order chi connectivity index (χ1) is 20.7. The molecule has 1 aliphatic carbocycles. The Kier molecular flexibility index (Phi) is 7.19. The zero-order chi connectivity index (χ0) is 29.8. The first-order valence-electron chi connectivity index (χ1n) is 16.2. The van der Waals surface area contributed by atoms with Gasteiger partial charge in [-0.25, -0.2) is 14.8 Å². The van der Waals surface area contributed by atoms with Crippen molar-refractivity contribution in [3.8, 4) is 0 Å². The highest BCUT2D eigenvalue weighted by Gasteiger charge is 2.49. The molecule has 1 amide bonds. The largest absolute Gasteiger partial charge is 0.444 e. The van der Waals surface area contributed by atoms with Crippen LogP contribution in [0.25, 0.3) is 0 Å². The van der Waals surface area contributed by atoms with Crippen LogP contribution < -0.4 is 4.90 Å². The van der Waals surface area contributed by atoms with E-state index in [9.17, 15) is 4.79 Å². The van der Waals surface area contributed by atoms with Gasteiger partial charge in [-0.15, -0.1) is 0 Å². The van der Waals surface area contributed by atoms with Crippen LogP contribution in [-0.4, -0.2) is 57.6 Å². The van der Waals surface area contributed by atoms with Crippen molar-refractivity contribution in [3.05, 3.63) is 82.8 Å². The second kappa shape index (κ2) is 10.9. The maximum atomic E-state index is 13.4. The fourth-order valence-corrected chi connectivity index (χ4v) is 8.15. The van der Waals surface area contributed by atoms with Crippen LogP contribution in [0.15, 0.2) is 54.9 Å². The van der Waals surface area contributed by atoms with Gasteiger partial charge in [-0.3, -0.25) is 4.90 Å². The van der Waals surface area contributed by atoms with Gasteiger partial charge in [0.05, 0.1) is 6.04 Å². The van der Waals surface area contributed by atoms with Crippen molar-refractivity contribution in [2.24, 2.45) is 0 Å². The van der Waals surface area contributed by atoms with E-state index in [0.717, 1.165) is 77.1 Å². The molecule has 226 valence electrons. The lowest BCUT2D eigenvalue weighted by Gasteiger charge is -2.41. The Hall–Kier alpha value is -3.45. The van der Waals surface area contributed by atoms with Crippen LogP contribution in [0, 0.1) is 0 Å². The molecular weight excluding hydrogens is 534 g/mol. The molecular formula is C36H45N5O2. The predicted octanol–water partition coefficient (Wildman–Crippen LogP) is 7.28. The van der Waals surface area contributed by atoms with Crippen molar-refractivity contribution >= 4 is 17.6 Å². The van der Waals surface area contributed by atoms with Crippen LogP contribution in [0.2, 0.25) is 0 Å². The third-order valence-corrected chi connectivity index (χ3v) is 10.2. The zero-order valence-corrected chi connectivity index (χ0v) is 26.2. The van der Waals surface area contributed by atoms with Gasteiger partial charge in [0.25, 0.3) is 0 Å². The highest BCUT2D eigenvalue weighted by Crippen LogP contribution is 2.54. The molecule has 1 aromatic heterocycles. The van der Waals surface area contributed by atoms with E-state index >= 15 is 0 Å². The summed E-state index contributed by atoms with van der Waals surface area (Å²) in [5.74, 6) is 1.55. The molecule has 2 aromatic carbocycles. The van der Waals surface area contributed by atoms with Crippen molar-refractivity contribution in [3.63, 3.8) is 0 Å². The molecule has 43 heavy (non-hydrogen) atoms. The molecule has 4 aliphatic rings. The van der Waals surface area contributed by atoms with Gasteiger partial charge in [-0.1, -0.05) is 49.4 Å². The SMILES string of the molecule is C[C@@H]1CCc2ncnc(N3CC4(CCN(Cc5ccccc5)CC4)c4c([C@H]5CCCN5C(=O)OC(C)(C)C)cccc43)c21. The summed E-state index contributed by atoms with van der Waals surface area (Å²) >= 11 is 0. The van der Waals surface area contributed by atoms with Crippen LogP contribution in [0.4, 0.5) is 16.3 Å². The molecule has 7 rings (SSSR count). The Morgan fingerprint density at radius 1 is 1.00 bits per heavy atom. The highest BCUT2D eigenvalue weighted by atomic mass is 16.6. The van der Waals surface area contributed by atoms with Gasteiger partial charge in [0.1, 0.15) is 17.7 Å². The first kappa shape index (κ1) is 28.3. The molecule has 7 heteroatoms. The summed E-state index contributed by atoms with van der Waals surface area (Å²) in [5.41, 5.74) is 7.40. The molecule has 4 heterocycles. The minimum absolute atomic E-state index is 0.000974. The van der Waals surface area contributed by atoms with Gasteiger partial charge in [0.2, 0.25) is 0 Å². The number of aromatic nitrogens is 2. The Bertz CT molecular complexity index is 1490. The quantitative estimate of drug-likeness (QED) is 0.324. The van der Waals surface area contributed by atoms with E-state index in [-0.39, 0.29) is 17.6 Å². The number of piperidine rings is 1. The number of ether oxygens (including phenoxy) is 1. The van der Waals surface area contributed by atoms with Crippen molar-refractivity contribution in [2.45, 2.75) is 95.7 Å². The molecule has 3 aromatic rings. The molecule has 2 atom stereocenters. The number of amides is 1. The van der Waals surface area contributed by atoms with E-state index in [1.807, 2.05) is 25.7 Å². The van der Waals surface area contributed by atoms with E-state index in [2.05, 4.69) is 70.2 Å². The number of hydrogen-bond acceptors (Lipinski definition) is 6. The molecule has 0 N–H and O–H groups in total. The number of benzene rings is 2. The number of carbonyl (C=O) groups excluding carboxylic acids is 1. The minimum Gasteiger partial charge on any atom is -0.444 e. The smallest absolute Gasteiger partial charge is 0.410 e. The number of nitrogens with zero attached hydrogens (tertiary/aromatic N) is 5. The second-order valence-electron chi connectivity index (χ2n) is 14.2. The van der Waals surface area contributed by atoms with Gasteiger partial charge in [0, 0.05) is 42.0 Å². The summed E-state index contributed by atoms with van der Waals surface area (Å²) in [6.45, 7) is 12.9. The number of aryl methyl sites for hydroxylation is 1. The van der Waals surface area contributed by atoms with Crippen LogP contribution >= 0.6 is 0 Å². The molecule has 1 spiro atoms. The van der Waals surface area contributed by atoms with Crippen LogP contribution in [0.3, 0.4) is 0 Å². The van der Waals surface area contributed by atoms with Crippen LogP contribution in [-0.2, 0) is 23.1 Å². The monoisotopic (exact) mass is 579 g/mol. The van der Waals surface area contributed by atoms with Gasteiger partial charge in [0.15, 0.2) is 0 Å². The Morgan fingerprint density at radius 2 is 1.79 bits per heavy atom. The zero-order valence-electron chi connectivity index (χ0n) is 26.2. The normalized spacial score (nSPS) is 23.1. The molecule has 0 saturated carbocycles. The average Bonchev–Trinajstić information content (AvgIpc) is 3.71. The van der Waals surface area contributed by atoms with Gasteiger partial charge >= 0.3 is 6.09 Å². The Balaban J connectivity index is 1.28. The summed E-state index contributed by atoms with van der Waals surface area (Å²) in [7, 11) is 0. The van der Waals surface area contributed by atoms with E-state index in [4.69, 9.17) is 9.72 Å². The first-order valence-corrected chi connectivity index (χ1v) is 16.2. The van der Waals surface area contributed by atoms with Crippen molar-refractivity contribution < 1.29 is 9.53 Å². The fraction of sp³-hybridized carbons (Fsp3) is 0.528. The molecule has 0 radical (unpaired) electrons. The fourth-order valence-electron chi connectivity index (χ4n) is 8.15. The average molecular weight is 580 g/mol. The molecule has 7 nitrogen and oxygen atoms in total. The third kappa shape index (κ3) is 5.20. The summed E-state index contributed by atoms with van der Waals surface area (Å²) in [6.07, 6.45) is 7.86. The number of carbonyl (C=O) groups is 1. The number of anilines is 2. The summed E-state index contributed by atoms with van der Waals surface area (Å²) in [4.78, 5) is 30.2. The van der Waals surface area contributed by atoms with Crippen molar-refractivity contribution in [2.75, 3.05) is 31.1 Å². The third-order valence-electron chi connectivity index (χ3n) is 10.2. The van der Waals surface area contributed by atoms with Crippen LogP contribution in [0.5, 0.6) is 0 Å². The second-order valence-corrected chi connectivity index (χ2v) is 14.2. The summed E-state index contributed by atoms with van der Waals surface area (Å²) in [5, 5.41) is 0. The van der Waals surface area contributed by atoms with E-state index in [1.165, 1.54) is 33.6 Å². The lowest BCUT2D eigenvalue weighted by molar-refractivity contribution is 0.0222. The standard InChI is InChI=1S/C36H45N5O2/c1-25-15-16-28-31(25)33(38-24-37-28)41-23-36(17-20-39(21-18-36)22-26-10-6-5-7-11-26)32-27(12-8-13-30(32)41)29-14-9-19-40(29)34(42)43-35(2,3)4/h5-8,10-13,24-25,29H,9,14-23H2,1-4H3/t25-,29-/m1/s1. The molecule has 2 saturated heterocycles. The summed E-state index contributed by atoms with van der Waals surface area (Å²) < 4.78 is 5.91. The number of fused-ring (bicyclic) bond motifs is 3. The van der Waals surface area contributed by atoms with E-state index < -0.39 is 5.60 Å². The lowest BCUT2D eigenvalue weighted by Crippen LogP contribution is -2.45. The van der Waals surface area contributed by atoms with E-state index in [0.29, 0.717) is 5.92 Å². The number of rotatable bonds is 4. The van der Waals surface area contributed by atoms with Crippen LogP contribution in [0.1, 0.15) is 99.7 Å². The van der Waals surface area contributed by atoms with Gasteiger partial charge in [-0.2, -0.15) is 0 Å². The minimum atomic E-state index is -0.517.